The van der Waals surface area contributed by atoms with Gasteiger partial charge in [0.25, 0.3) is 23.6 Å². The first-order chi connectivity index (χ1) is 9.49. The molecule has 0 radical (unpaired) electrons. The van der Waals surface area contributed by atoms with Crippen LogP contribution in [0.25, 0.3) is 10.8 Å². The van der Waals surface area contributed by atoms with Crippen LogP contribution in [0.3, 0.4) is 0 Å². The number of benzene rings is 1. The van der Waals surface area contributed by atoms with Crippen molar-refractivity contribution in [2.24, 2.45) is 0 Å². The first-order valence-corrected chi connectivity index (χ1v) is 7.10. The van der Waals surface area contributed by atoms with Crippen molar-refractivity contribution < 1.29 is 19.2 Å². The SMILES string of the molecule is O=C1NC(=O)c2sc3c4c(c(Br)cc1c24)C(=O)NC3=O. The maximum Gasteiger partial charge on any atom is 0.268 e. The summed E-state index contributed by atoms with van der Waals surface area (Å²) in [6.07, 6.45) is 0. The van der Waals surface area contributed by atoms with Gasteiger partial charge in [0.05, 0.1) is 11.1 Å². The van der Waals surface area contributed by atoms with Crippen LogP contribution in [0.1, 0.15) is 40.1 Å². The zero-order valence-corrected chi connectivity index (χ0v) is 11.9. The molecule has 0 saturated heterocycles. The van der Waals surface area contributed by atoms with E-state index in [1.165, 1.54) is 6.07 Å². The molecule has 1 aromatic heterocycles. The van der Waals surface area contributed by atoms with Gasteiger partial charge in [-0.05, 0) is 22.0 Å². The van der Waals surface area contributed by atoms with E-state index in [0.29, 0.717) is 15.2 Å². The number of halogens is 1. The summed E-state index contributed by atoms with van der Waals surface area (Å²) >= 11 is 4.22. The van der Waals surface area contributed by atoms with Crippen LogP contribution < -0.4 is 10.6 Å². The van der Waals surface area contributed by atoms with Gasteiger partial charge in [0.2, 0.25) is 0 Å². The van der Waals surface area contributed by atoms with E-state index in [4.69, 9.17) is 0 Å². The van der Waals surface area contributed by atoms with Crippen LogP contribution in [-0.2, 0) is 0 Å². The number of nitrogens with one attached hydrogen (secondary N) is 2. The molecule has 2 aliphatic rings. The highest BCUT2D eigenvalue weighted by molar-refractivity contribution is 9.10. The van der Waals surface area contributed by atoms with Gasteiger partial charge >= 0.3 is 0 Å². The minimum Gasteiger partial charge on any atom is -0.287 e. The van der Waals surface area contributed by atoms with E-state index in [2.05, 4.69) is 26.6 Å². The van der Waals surface area contributed by atoms with Gasteiger partial charge in [-0.15, -0.1) is 11.3 Å². The minimum atomic E-state index is -0.546. The minimum absolute atomic E-state index is 0.275. The molecule has 4 rings (SSSR count). The Morgan fingerprint density at radius 2 is 1.45 bits per heavy atom. The van der Waals surface area contributed by atoms with E-state index in [-0.39, 0.29) is 20.9 Å². The predicted molar refractivity (Wildman–Crippen MR) is 73.1 cm³/mol. The summed E-state index contributed by atoms with van der Waals surface area (Å²) in [7, 11) is 0. The van der Waals surface area contributed by atoms with Crippen molar-refractivity contribution in [3.63, 3.8) is 0 Å². The highest BCUT2D eigenvalue weighted by Gasteiger charge is 2.37. The smallest absolute Gasteiger partial charge is 0.268 e. The molecule has 2 aliphatic heterocycles. The lowest BCUT2D eigenvalue weighted by atomic mass is 9.95. The van der Waals surface area contributed by atoms with Gasteiger partial charge in [-0.25, -0.2) is 0 Å². The van der Waals surface area contributed by atoms with E-state index in [1.54, 1.807) is 0 Å². The molecule has 0 saturated carbocycles. The molecule has 1 aromatic carbocycles. The van der Waals surface area contributed by atoms with Crippen molar-refractivity contribution in [3.8, 4) is 0 Å². The van der Waals surface area contributed by atoms with Gasteiger partial charge < -0.3 is 0 Å². The van der Waals surface area contributed by atoms with Crippen LogP contribution in [0.4, 0.5) is 0 Å². The number of rotatable bonds is 0. The van der Waals surface area contributed by atoms with Crippen molar-refractivity contribution in [1.82, 2.24) is 10.6 Å². The number of thiophene rings is 1. The average molecular weight is 351 g/mol. The van der Waals surface area contributed by atoms with Gasteiger partial charge in [-0.2, -0.15) is 0 Å². The molecule has 0 fully saturated rings. The molecule has 8 heteroatoms. The van der Waals surface area contributed by atoms with Crippen LogP contribution in [0.2, 0.25) is 0 Å². The van der Waals surface area contributed by atoms with Crippen molar-refractivity contribution in [2.45, 2.75) is 0 Å². The Hall–Kier alpha value is -2.06. The zero-order valence-electron chi connectivity index (χ0n) is 9.50. The topological polar surface area (TPSA) is 92.3 Å². The summed E-state index contributed by atoms with van der Waals surface area (Å²) in [5, 5.41) is 5.22. The Morgan fingerprint density at radius 1 is 0.850 bits per heavy atom. The van der Waals surface area contributed by atoms with E-state index in [9.17, 15) is 19.2 Å². The molecule has 2 N–H and O–H groups in total. The molecule has 0 spiro atoms. The molecule has 6 nitrogen and oxygen atoms in total. The number of hydrogen-bond donors (Lipinski definition) is 2. The number of imide groups is 2. The summed E-state index contributed by atoms with van der Waals surface area (Å²) in [4.78, 5) is 48.2. The molecule has 0 atom stereocenters. The van der Waals surface area contributed by atoms with Crippen LogP contribution >= 0.6 is 27.3 Å². The van der Waals surface area contributed by atoms with Crippen LogP contribution in [0.5, 0.6) is 0 Å². The lowest BCUT2D eigenvalue weighted by Crippen LogP contribution is -2.35. The molecular formula is C12H3BrN2O4S. The third kappa shape index (κ3) is 1.22. The van der Waals surface area contributed by atoms with Gasteiger partial charge in [0.1, 0.15) is 9.75 Å². The fraction of sp³-hybridized carbons (Fsp3) is 0. The highest BCUT2D eigenvalue weighted by Crippen LogP contribution is 2.42. The molecular weight excluding hydrogens is 348 g/mol. The van der Waals surface area contributed by atoms with Gasteiger partial charge in [0, 0.05) is 15.2 Å². The van der Waals surface area contributed by atoms with Crippen molar-refractivity contribution in [2.75, 3.05) is 0 Å². The lowest BCUT2D eigenvalue weighted by molar-refractivity contribution is 0.0828. The van der Waals surface area contributed by atoms with Crippen molar-refractivity contribution in [3.05, 3.63) is 31.4 Å². The number of carbonyl (C=O) groups excluding carboxylic acids is 4. The predicted octanol–water partition coefficient (Wildman–Crippen LogP) is 1.43. The quantitative estimate of drug-likeness (QED) is 0.703. The fourth-order valence-electron chi connectivity index (χ4n) is 2.49. The molecule has 0 aliphatic carbocycles. The second-order valence-electron chi connectivity index (χ2n) is 4.36. The normalized spacial score (nSPS) is 16.4. The van der Waals surface area contributed by atoms with Crippen molar-refractivity contribution in [1.29, 1.82) is 0 Å². The Labute approximate surface area is 123 Å². The van der Waals surface area contributed by atoms with Gasteiger partial charge in [-0.1, -0.05) is 0 Å². The van der Waals surface area contributed by atoms with E-state index >= 15 is 0 Å². The average Bonchev–Trinajstić information content (AvgIpc) is 2.76. The van der Waals surface area contributed by atoms with Gasteiger partial charge in [-0.3, -0.25) is 29.8 Å². The highest BCUT2D eigenvalue weighted by atomic mass is 79.9. The summed E-state index contributed by atoms with van der Waals surface area (Å²) in [5.41, 5.74) is 0.568. The maximum atomic E-state index is 12.0. The molecule has 0 bridgehead atoms. The molecule has 98 valence electrons. The zero-order chi connectivity index (χ0) is 14.2. The number of carbonyl (C=O) groups is 4. The standard InChI is InChI=1S/C12H3BrN2O4S/c13-3-1-2-4-6-5(3)10(17)15-12(19)8(6)20-7(4)11(18)14-9(2)16/h1H,(H,14,16,18)(H,15,17,19). The Bertz CT molecular complexity index is 899. The van der Waals surface area contributed by atoms with E-state index in [0.717, 1.165) is 11.3 Å². The summed E-state index contributed by atoms with van der Waals surface area (Å²) < 4.78 is 0.417. The monoisotopic (exact) mass is 350 g/mol. The first-order valence-electron chi connectivity index (χ1n) is 5.49. The van der Waals surface area contributed by atoms with Crippen LogP contribution in [-0.4, -0.2) is 23.6 Å². The van der Waals surface area contributed by atoms with Crippen molar-refractivity contribution >= 4 is 61.7 Å². The molecule has 0 unspecified atom stereocenters. The first kappa shape index (κ1) is 11.7. The Balaban J connectivity index is 2.32. The van der Waals surface area contributed by atoms with Gasteiger partial charge in [0.15, 0.2) is 0 Å². The molecule has 2 aromatic rings. The largest absolute Gasteiger partial charge is 0.287 e. The molecule has 4 amide bonds. The summed E-state index contributed by atoms with van der Waals surface area (Å²) in [6, 6.07) is 1.49. The third-order valence-electron chi connectivity index (χ3n) is 3.28. The van der Waals surface area contributed by atoms with Crippen LogP contribution in [0, 0.1) is 0 Å². The maximum absolute atomic E-state index is 12.0. The molecule has 3 heterocycles. The number of hydrogen-bond acceptors (Lipinski definition) is 5. The summed E-state index contributed by atoms with van der Waals surface area (Å²) in [6.45, 7) is 0. The Morgan fingerprint density at radius 3 is 2.15 bits per heavy atom. The van der Waals surface area contributed by atoms with E-state index < -0.39 is 23.6 Å². The second kappa shape index (κ2) is 3.53. The van der Waals surface area contributed by atoms with E-state index in [1.807, 2.05) is 0 Å². The third-order valence-corrected chi connectivity index (χ3v) is 5.09. The molecule has 20 heavy (non-hydrogen) atoms. The summed E-state index contributed by atoms with van der Waals surface area (Å²) in [5.74, 6) is -2.16. The fourth-order valence-corrected chi connectivity index (χ4v) is 4.21. The van der Waals surface area contributed by atoms with Crippen LogP contribution in [0.15, 0.2) is 10.5 Å². The number of amides is 4. The lowest BCUT2D eigenvalue weighted by Gasteiger charge is -2.17. The Kier molecular flexibility index (Phi) is 2.07. The second-order valence-corrected chi connectivity index (χ2v) is 6.23.